The second kappa shape index (κ2) is 23.2. The van der Waals surface area contributed by atoms with Gasteiger partial charge in [0.25, 0.3) is 5.70 Å². The average Bonchev–Trinajstić information content (AvgIpc) is 3.29. The van der Waals surface area contributed by atoms with Crippen molar-refractivity contribution in [2.75, 3.05) is 40.6 Å². The molecule has 12 nitrogen and oxygen atoms in total. The van der Waals surface area contributed by atoms with Crippen LogP contribution in [-0.2, 0) is 38.1 Å². The lowest BCUT2D eigenvalue weighted by molar-refractivity contribution is -0.155. The second-order valence-electron chi connectivity index (χ2n) is 16.2. The van der Waals surface area contributed by atoms with Gasteiger partial charge in [-0.25, -0.2) is 4.85 Å². The van der Waals surface area contributed by atoms with E-state index in [1.807, 2.05) is 72.8 Å². The van der Waals surface area contributed by atoms with E-state index in [2.05, 4.69) is 10.9 Å². The van der Waals surface area contributed by atoms with Gasteiger partial charge in [-0.15, -0.1) is 0 Å². The standard InChI is InChI=1S/C50H54N2O10/c1-49(2,33-61-47(55)41(30-51)44(35-16-10-8-11-17-35)37-22-26-39(57-6)27-23-37)31-59-42(53)20-14-15-21-43(54)60-32-50(3,4)34-62-48(56)46(52-5)45(36-18-12-9-13-19-36)38-24-28-40(58-7)29-25-38/h8-13,16-19,22-29,41,44H,14-15,20-21,31-34H2,1-4,6-7H3/b46-45+. The van der Waals surface area contributed by atoms with Crippen molar-refractivity contribution in [3.63, 3.8) is 0 Å². The average molecular weight is 843 g/mol. The third-order valence-corrected chi connectivity index (χ3v) is 9.80. The summed E-state index contributed by atoms with van der Waals surface area (Å²) in [6.07, 6.45) is 0.895. The van der Waals surface area contributed by atoms with Crippen LogP contribution in [0.3, 0.4) is 0 Å². The third kappa shape index (κ3) is 14.4. The molecule has 0 bridgehead atoms. The summed E-state index contributed by atoms with van der Waals surface area (Å²) < 4.78 is 32.8. The molecule has 4 aromatic rings. The summed E-state index contributed by atoms with van der Waals surface area (Å²) >= 11 is 0. The quantitative estimate of drug-likeness (QED) is 0.0245. The van der Waals surface area contributed by atoms with Crippen molar-refractivity contribution < 1.29 is 47.6 Å². The van der Waals surface area contributed by atoms with E-state index >= 15 is 0 Å². The smallest absolute Gasteiger partial charge is 0.336 e. The van der Waals surface area contributed by atoms with Crippen LogP contribution in [-0.4, -0.2) is 64.5 Å². The van der Waals surface area contributed by atoms with Crippen LogP contribution in [0.4, 0.5) is 0 Å². The second-order valence-corrected chi connectivity index (χ2v) is 16.2. The lowest BCUT2D eigenvalue weighted by atomic mass is 9.81. The van der Waals surface area contributed by atoms with Crippen LogP contribution in [0.2, 0.25) is 0 Å². The number of benzene rings is 4. The summed E-state index contributed by atoms with van der Waals surface area (Å²) in [6, 6.07) is 34.8. The Balaban J connectivity index is 1.19. The first-order valence-electron chi connectivity index (χ1n) is 20.3. The van der Waals surface area contributed by atoms with Crippen LogP contribution in [0.1, 0.15) is 81.5 Å². The molecule has 0 aliphatic heterocycles. The molecule has 62 heavy (non-hydrogen) atoms. The lowest BCUT2D eigenvalue weighted by Crippen LogP contribution is -2.32. The Bertz CT molecular complexity index is 2220. The summed E-state index contributed by atoms with van der Waals surface area (Å²) in [5.74, 6) is -2.84. The first kappa shape index (κ1) is 47.8. The van der Waals surface area contributed by atoms with Gasteiger partial charge in [-0.05, 0) is 59.4 Å². The molecule has 0 fully saturated rings. The van der Waals surface area contributed by atoms with E-state index in [9.17, 15) is 24.4 Å². The number of ether oxygens (including phenoxy) is 6. The van der Waals surface area contributed by atoms with E-state index < -0.39 is 46.5 Å². The first-order valence-corrected chi connectivity index (χ1v) is 20.3. The van der Waals surface area contributed by atoms with Crippen LogP contribution in [0.5, 0.6) is 11.5 Å². The van der Waals surface area contributed by atoms with Gasteiger partial charge in [-0.1, -0.05) is 113 Å². The minimum Gasteiger partial charge on any atom is -0.497 e. The lowest BCUT2D eigenvalue weighted by Gasteiger charge is -2.26. The molecule has 0 radical (unpaired) electrons. The monoisotopic (exact) mass is 842 g/mol. The van der Waals surface area contributed by atoms with Crippen molar-refractivity contribution in [2.24, 2.45) is 16.7 Å². The van der Waals surface area contributed by atoms with Crippen molar-refractivity contribution in [1.29, 1.82) is 5.26 Å². The van der Waals surface area contributed by atoms with Crippen LogP contribution >= 0.6 is 0 Å². The molecule has 0 spiro atoms. The van der Waals surface area contributed by atoms with Crippen LogP contribution < -0.4 is 9.47 Å². The summed E-state index contributed by atoms with van der Waals surface area (Å²) in [4.78, 5) is 55.4. The van der Waals surface area contributed by atoms with E-state index in [4.69, 9.17) is 35.0 Å². The van der Waals surface area contributed by atoms with Gasteiger partial charge < -0.3 is 28.4 Å². The maximum Gasteiger partial charge on any atom is 0.336 e. The molecule has 0 saturated heterocycles. The summed E-state index contributed by atoms with van der Waals surface area (Å²) in [7, 11) is 3.12. The highest BCUT2D eigenvalue weighted by Gasteiger charge is 2.34. The zero-order valence-electron chi connectivity index (χ0n) is 36.2. The predicted octanol–water partition coefficient (Wildman–Crippen LogP) is 9.14. The summed E-state index contributed by atoms with van der Waals surface area (Å²) in [6.45, 7) is 14.7. The van der Waals surface area contributed by atoms with E-state index in [1.165, 1.54) is 0 Å². The number of unbranched alkanes of at least 4 members (excludes halogenated alkanes) is 1. The molecule has 0 aliphatic rings. The van der Waals surface area contributed by atoms with E-state index in [0.717, 1.165) is 11.1 Å². The van der Waals surface area contributed by atoms with Crippen molar-refractivity contribution in [3.05, 3.63) is 149 Å². The number of rotatable bonds is 22. The molecule has 2 unspecified atom stereocenters. The van der Waals surface area contributed by atoms with Gasteiger partial charge in [-0.3, -0.25) is 19.2 Å². The number of esters is 4. The minimum absolute atomic E-state index is 0.0269. The van der Waals surface area contributed by atoms with E-state index in [1.54, 1.807) is 78.3 Å². The largest absolute Gasteiger partial charge is 0.497 e. The fraction of sp³-hybridized carbons (Fsp3) is 0.360. The predicted molar refractivity (Wildman–Crippen MR) is 232 cm³/mol. The van der Waals surface area contributed by atoms with Gasteiger partial charge in [0, 0.05) is 35.2 Å². The van der Waals surface area contributed by atoms with Gasteiger partial charge >= 0.3 is 23.9 Å². The van der Waals surface area contributed by atoms with Crippen LogP contribution in [0, 0.1) is 34.7 Å². The van der Waals surface area contributed by atoms with Crippen molar-refractivity contribution >= 4 is 29.5 Å². The van der Waals surface area contributed by atoms with E-state index in [0.29, 0.717) is 41.0 Å². The Morgan fingerprint density at radius 2 is 1.05 bits per heavy atom. The molecular weight excluding hydrogens is 789 g/mol. The zero-order chi connectivity index (χ0) is 45.1. The maximum absolute atomic E-state index is 13.4. The number of hydrogen-bond acceptors (Lipinski definition) is 11. The molecule has 324 valence electrons. The van der Waals surface area contributed by atoms with Gasteiger partial charge in [0.2, 0.25) is 0 Å². The van der Waals surface area contributed by atoms with Crippen molar-refractivity contribution in [2.45, 2.75) is 59.3 Å². The highest BCUT2D eigenvalue weighted by molar-refractivity contribution is 6.03. The molecule has 12 heteroatoms. The molecule has 4 rings (SSSR count). The van der Waals surface area contributed by atoms with Crippen LogP contribution in [0.15, 0.2) is 115 Å². The summed E-state index contributed by atoms with van der Waals surface area (Å²) in [5.41, 5.74) is 1.61. The SMILES string of the molecule is [C-]#[N+]/C(C(=O)OCC(C)(C)COC(=O)CCCCC(=O)OCC(C)(C)COC(=O)C(C#N)C(c1ccccc1)c1ccc(OC)cc1)=C(\c1ccccc1)c1ccc(OC)cc1. The van der Waals surface area contributed by atoms with Crippen molar-refractivity contribution in [3.8, 4) is 17.6 Å². The number of carbonyl (C=O) groups excluding carboxylic acids is 4. The Hall–Kier alpha value is -6.92. The minimum atomic E-state index is -1.13. The fourth-order valence-corrected chi connectivity index (χ4v) is 6.32. The Morgan fingerprint density at radius 1 is 0.613 bits per heavy atom. The highest BCUT2D eigenvalue weighted by Crippen LogP contribution is 2.35. The molecular formula is C50H54N2O10. The Labute approximate surface area is 364 Å². The first-order chi connectivity index (χ1) is 29.7. The van der Waals surface area contributed by atoms with Crippen LogP contribution in [0.25, 0.3) is 10.4 Å². The van der Waals surface area contributed by atoms with Crippen molar-refractivity contribution in [1.82, 2.24) is 0 Å². The number of hydrogen-bond donors (Lipinski definition) is 0. The molecule has 0 amide bonds. The normalized spacial score (nSPS) is 12.6. The number of methoxy groups -OCH3 is 2. The highest BCUT2D eigenvalue weighted by atomic mass is 16.6. The third-order valence-electron chi connectivity index (χ3n) is 9.80. The van der Waals surface area contributed by atoms with Gasteiger partial charge in [0.05, 0.1) is 53.3 Å². The molecule has 0 aliphatic carbocycles. The zero-order valence-corrected chi connectivity index (χ0v) is 36.2. The fourth-order valence-electron chi connectivity index (χ4n) is 6.32. The summed E-state index contributed by atoms with van der Waals surface area (Å²) in [5, 5.41) is 10.1. The number of nitriles is 1. The molecule has 0 saturated carbocycles. The molecule has 4 aromatic carbocycles. The molecule has 0 aromatic heterocycles. The maximum atomic E-state index is 13.4. The van der Waals surface area contributed by atoms with Gasteiger partial charge in [0.15, 0.2) is 5.92 Å². The van der Waals surface area contributed by atoms with E-state index in [-0.39, 0.29) is 45.0 Å². The topological polar surface area (TPSA) is 152 Å². The molecule has 2 atom stereocenters. The number of nitrogens with zero attached hydrogens (tertiary/aromatic N) is 2. The number of carbonyl (C=O) groups is 4. The Morgan fingerprint density at radius 3 is 1.53 bits per heavy atom. The molecule has 0 N–H and O–H groups in total. The van der Waals surface area contributed by atoms with Gasteiger partial charge in [0.1, 0.15) is 11.5 Å². The molecule has 0 heterocycles. The van der Waals surface area contributed by atoms with Gasteiger partial charge in [-0.2, -0.15) is 5.26 Å². The Kier molecular flexibility index (Phi) is 17.9.